The lowest BCUT2D eigenvalue weighted by atomic mass is 9.96. The molecular weight excluding hydrogens is 236 g/mol. The summed E-state index contributed by atoms with van der Waals surface area (Å²) >= 11 is 0. The van der Waals surface area contributed by atoms with E-state index >= 15 is 0 Å². The Morgan fingerprint density at radius 2 is 1.38 bits per heavy atom. The molecule has 2 aliphatic rings. The molecule has 0 aliphatic heterocycles. The van der Waals surface area contributed by atoms with Gasteiger partial charge in [0.1, 0.15) is 0 Å². The van der Waals surface area contributed by atoms with Gasteiger partial charge >= 0.3 is 0 Å². The molecule has 2 rings (SSSR count). The molecule has 0 radical (unpaired) electrons. The Morgan fingerprint density at radius 3 is 2.06 bits per heavy atom. The quantitative estimate of drug-likeness (QED) is 0.766. The molecule has 16 heavy (non-hydrogen) atoms. The highest BCUT2D eigenvalue weighted by atomic mass is 33.1. The molecule has 0 amide bonds. The van der Waals surface area contributed by atoms with Gasteiger partial charge in [-0.25, -0.2) is 0 Å². The van der Waals surface area contributed by atoms with Crippen LogP contribution in [0.4, 0.5) is 0 Å². The average Bonchev–Trinajstić information content (AvgIpc) is 2.28. The minimum Gasteiger partial charge on any atom is -0.328 e. The molecule has 2 saturated carbocycles. The summed E-state index contributed by atoms with van der Waals surface area (Å²) in [7, 11) is 4.22. The Morgan fingerprint density at radius 1 is 0.688 bits per heavy atom. The maximum atomic E-state index is 6.01. The molecule has 0 bridgehead atoms. The van der Waals surface area contributed by atoms with E-state index in [9.17, 15) is 0 Å². The minimum atomic E-state index is 0.464. The van der Waals surface area contributed by atoms with Crippen molar-refractivity contribution in [2.75, 3.05) is 0 Å². The topological polar surface area (TPSA) is 52.0 Å². The smallest absolute Gasteiger partial charge is 0.0166 e. The van der Waals surface area contributed by atoms with E-state index in [1.54, 1.807) is 0 Å². The first-order valence-corrected chi connectivity index (χ1v) is 8.85. The van der Waals surface area contributed by atoms with E-state index < -0.39 is 0 Å². The normalized spacial score (nSPS) is 40.9. The Bertz CT molecular complexity index is 205. The molecule has 4 heteroatoms. The molecule has 2 atom stereocenters. The van der Waals surface area contributed by atoms with Crippen molar-refractivity contribution in [3.63, 3.8) is 0 Å². The zero-order chi connectivity index (χ0) is 11.4. The van der Waals surface area contributed by atoms with E-state index in [0.717, 1.165) is 10.5 Å². The largest absolute Gasteiger partial charge is 0.328 e. The fourth-order valence-corrected chi connectivity index (χ4v) is 6.02. The number of nitrogens with two attached hydrogens (primary N) is 2. The first-order valence-electron chi connectivity index (χ1n) is 6.57. The molecule has 0 aromatic carbocycles. The summed E-state index contributed by atoms with van der Waals surface area (Å²) < 4.78 is 0. The van der Waals surface area contributed by atoms with Crippen molar-refractivity contribution < 1.29 is 0 Å². The van der Waals surface area contributed by atoms with Crippen LogP contribution in [0.15, 0.2) is 0 Å². The zero-order valence-corrected chi connectivity index (χ0v) is 11.6. The van der Waals surface area contributed by atoms with Gasteiger partial charge < -0.3 is 11.5 Å². The summed E-state index contributed by atoms with van der Waals surface area (Å²) in [5, 5.41) is 1.66. The lowest BCUT2D eigenvalue weighted by molar-refractivity contribution is 0.450. The van der Waals surface area contributed by atoms with E-state index in [4.69, 9.17) is 11.5 Å². The van der Waals surface area contributed by atoms with Gasteiger partial charge in [-0.05, 0) is 44.9 Å². The van der Waals surface area contributed by atoms with Crippen LogP contribution in [0.2, 0.25) is 0 Å². The van der Waals surface area contributed by atoms with E-state index in [1.165, 1.54) is 51.4 Å². The summed E-state index contributed by atoms with van der Waals surface area (Å²) in [6, 6.07) is 0.941. The second-order valence-corrected chi connectivity index (χ2v) is 8.15. The van der Waals surface area contributed by atoms with E-state index in [0.29, 0.717) is 12.1 Å². The predicted molar refractivity (Wildman–Crippen MR) is 75.6 cm³/mol. The lowest BCUT2D eigenvalue weighted by Gasteiger charge is -2.29. The highest BCUT2D eigenvalue weighted by molar-refractivity contribution is 8.77. The van der Waals surface area contributed by atoms with Gasteiger partial charge in [-0.2, -0.15) is 0 Å². The molecule has 0 saturated heterocycles. The molecule has 2 nitrogen and oxygen atoms in total. The molecule has 0 aromatic heterocycles. The van der Waals surface area contributed by atoms with Gasteiger partial charge in [0.15, 0.2) is 0 Å². The third kappa shape index (κ3) is 4.13. The van der Waals surface area contributed by atoms with Crippen molar-refractivity contribution in [2.24, 2.45) is 11.5 Å². The number of hydrogen-bond donors (Lipinski definition) is 2. The Labute approximate surface area is 107 Å². The van der Waals surface area contributed by atoms with E-state index in [1.807, 2.05) is 0 Å². The second-order valence-electron chi connectivity index (χ2n) is 5.28. The monoisotopic (exact) mass is 260 g/mol. The van der Waals surface area contributed by atoms with Crippen LogP contribution in [0.3, 0.4) is 0 Å². The summed E-state index contributed by atoms with van der Waals surface area (Å²) in [6.45, 7) is 0. The van der Waals surface area contributed by atoms with Gasteiger partial charge in [0.25, 0.3) is 0 Å². The van der Waals surface area contributed by atoms with Crippen LogP contribution in [-0.4, -0.2) is 22.6 Å². The van der Waals surface area contributed by atoms with Crippen molar-refractivity contribution in [3.8, 4) is 0 Å². The van der Waals surface area contributed by atoms with Crippen molar-refractivity contribution in [1.82, 2.24) is 0 Å². The van der Waals surface area contributed by atoms with Crippen molar-refractivity contribution in [1.29, 1.82) is 0 Å². The number of hydrogen-bond acceptors (Lipinski definition) is 4. The van der Waals surface area contributed by atoms with Crippen LogP contribution < -0.4 is 11.5 Å². The van der Waals surface area contributed by atoms with Crippen molar-refractivity contribution >= 4 is 21.6 Å². The van der Waals surface area contributed by atoms with Crippen LogP contribution in [0.1, 0.15) is 51.4 Å². The fourth-order valence-electron chi connectivity index (χ4n) is 2.61. The van der Waals surface area contributed by atoms with Gasteiger partial charge in [0.05, 0.1) is 0 Å². The van der Waals surface area contributed by atoms with Crippen LogP contribution >= 0.6 is 21.6 Å². The molecule has 0 aromatic rings. The van der Waals surface area contributed by atoms with Crippen LogP contribution in [-0.2, 0) is 0 Å². The summed E-state index contributed by atoms with van der Waals surface area (Å²) in [5.41, 5.74) is 11.9. The van der Waals surface area contributed by atoms with Gasteiger partial charge in [0.2, 0.25) is 0 Å². The summed E-state index contributed by atoms with van der Waals surface area (Å²) in [5.74, 6) is 0. The van der Waals surface area contributed by atoms with Crippen molar-refractivity contribution in [2.45, 2.75) is 74.0 Å². The first-order chi connectivity index (χ1) is 7.74. The number of rotatable bonds is 3. The maximum absolute atomic E-state index is 6.01. The SMILES string of the molecule is NC1CCCC(SS[C@H]2CC[C@H](N)CC2)C1. The Balaban J connectivity index is 1.63. The predicted octanol–water partition coefficient (Wildman–Crippen LogP) is 2.91. The summed E-state index contributed by atoms with van der Waals surface area (Å²) in [6.07, 6.45) is 10.2. The maximum Gasteiger partial charge on any atom is 0.0166 e. The third-order valence-electron chi connectivity index (χ3n) is 3.71. The van der Waals surface area contributed by atoms with E-state index in [2.05, 4.69) is 21.6 Å². The molecule has 94 valence electrons. The fraction of sp³-hybridized carbons (Fsp3) is 1.00. The van der Waals surface area contributed by atoms with Crippen molar-refractivity contribution in [3.05, 3.63) is 0 Å². The Hall–Kier alpha value is 0.620. The molecule has 2 unspecified atom stereocenters. The molecule has 4 N–H and O–H groups in total. The lowest BCUT2D eigenvalue weighted by Crippen LogP contribution is -2.29. The molecule has 0 heterocycles. The molecular formula is C12H24N2S2. The summed E-state index contributed by atoms with van der Waals surface area (Å²) in [4.78, 5) is 0. The van der Waals surface area contributed by atoms with Crippen LogP contribution in [0.25, 0.3) is 0 Å². The van der Waals surface area contributed by atoms with Gasteiger partial charge in [-0.15, -0.1) is 0 Å². The van der Waals surface area contributed by atoms with Crippen LogP contribution in [0.5, 0.6) is 0 Å². The van der Waals surface area contributed by atoms with Crippen LogP contribution in [0, 0.1) is 0 Å². The third-order valence-corrected chi connectivity index (χ3v) is 7.23. The highest BCUT2D eigenvalue weighted by Gasteiger charge is 2.23. The van der Waals surface area contributed by atoms with Gasteiger partial charge in [-0.3, -0.25) is 0 Å². The van der Waals surface area contributed by atoms with Gasteiger partial charge in [0, 0.05) is 22.6 Å². The molecule has 2 fully saturated rings. The molecule has 2 aliphatic carbocycles. The average molecular weight is 260 g/mol. The Kier molecular flexibility index (Phi) is 5.33. The molecule has 0 spiro atoms. The first kappa shape index (κ1) is 13.1. The standard InChI is InChI=1S/C12H24N2S2/c13-9-4-6-11(7-5-9)15-16-12-3-1-2-10(14)8-12/h9-12H,1-8,13-14H2/t9-,10?,11-,12?. The second kappa shape index (κ2) is 6.53. The zero-order valence-electron chi connectivity index (χ0n) is 9.94. The van der Waals surface area contributed by atoms with Gasteiger partial charge in [-0.1, -0.05) is 28.0 Å². The minimum absolute atomic E-state index is 0.464. The highest BCUT2D eigenvalue weighted by Crippen LogP contribution is 2.42. The van der Waals surface area contributed by atoms with E-state index in [-0.39, 0.29) is 0 Å².